The van der Waals surface area contributed by atoms with Gasteiger partial charge in [0.05, 0.1) is 17.9 Å². The second-order valence-corrected chi connectivity index (χ2v) is 6.32. The van der Waals surface area contributed by atoms with Crippen LogP contribution in [-0.2, 0) is 11.3 Å². The Hall–Kier alpha value is -1.59. The summed E-state index contributed by atoms with van der Waals surface area (Å²) in [6.07, 6.45) is 1.75. The zero-order valence-electron chi connectivity index (χ0n) is 11.6. The number of benzene rings is 1. The molecule has 0 spiro atoms. The van der Waals surface area contributed by atoms with E-state index in [-0.39, 0.29) is 5.91 Å². The van der Waals surface area contributed by atoms with Gasteiger partial charge in [0.25, 0.3) is 0 Å². The van der Waals surface area contributed by atoms with Gasteiger partial charge in [-0.3, -0.25) is 4.79 Å². The monoisotopic (exact) mass is 309 g/mol. The van der Waals surface area contributed by atoms with E-state index >= 15 is 0 Å². The standard InChI is InChI=1S/C14H16ClN3OS/c1-8-4-9(2)13(18-10(3)19)12(5-8)16-6-11-7-17-14(15)20-11/h4-5,7,16H,6H2,1-3H3,(H,18,19). The van der Waals surface area contributed by atoms with Gasteiger partial charge in [0.15, 0.2) is 4.47 Å². The van der Waals surface area contributed by atoms with Crippen LogP contribution in [0.25, 0.3) is 0 Å². The molecule has 0 radical (unpaired) electrons. The zero-order chi connectivity index (χ0) is 14.7. The third-order valence-corrected chi connectivity index (χ3v) is 3.87. The van der Waals surface area contributed by atoms with Crippen LogP contribution < -0.4 is 10.6 Å². The number of hydrogen-bond acceptors (Lipinski definition) is 4. The SMILES string of the molecule is CC(=O)Nc1c(C)cc(C)cc1NCc1cnc(Cl)s1. The van der Waals surface area contributed by atoms with Crippen molar-refractivity contribution < 1.29 is 4.79 Å². The van der Waals surface area contributed by atoms with E-state index in [4.69, 9.17) is 11.6 Å². The Morgan fingerprint density at radius 2 is 2.15 bits per heavy atom. The van der Waals surface area contributed by atoms with Crippen molar-refractivity contribution in [3.8, 4) is 0 Å². The van der Waals surface area contributed by atoms with Gasteiger partial charge < -0.3 is 10.6 Å². The predicted octanol–water partition coefficient (Wildman–Crippen LogP) is 3.98. The number of aromatic nitrogens is 1. The second kappa shape index (κ2) is 6.24. The highest BCUT2D eigenvalue weighted by molar-refractivity contribution is 7.15. The first-order chi connectivity index (χ1) is 9.45. The number of carbonyl (C=O) groups excluding carboxylic acids is 1. The molecule has 2 aromatic rings. The van der Waals surface area contributed by atoms with Gasteiger partial charge in [0, 0.05) is 18.0 Å². The smallest absolute Gasteiger partial charge is 0.221 e. The summed E-state index contributed by atoms with van der Waals surface area (Å²) < 4.78 is 0.532. The van der Waals surface area contributed by atoms with Crippen molar-refractivity contribution >= 4 is 40.2 Å². The van der Waals surface area contributed by atoms with Crippen LogP contribution in [0.3, 0.4) is 0 Å². The van der Waals surface area contributed by atoms with Gasteiger partial charge in [-0.2, -0.15) is 0 Å². The minimum Gasteiger partial charge on any atom is -0.378 e. The number of thiazole rings is 1. The maximum Gasteiger partial charge on any atom is 0.221 e. The van der Waals surface area contributed by atoms with Crippen molar-refractivity contribution in [1.29, 1.82) is 0 Å². The van der Waals surface area contributed by atoms with Crippen molar-refractivity contribution in [3.63, 3.8) is 0 Å². The first-order valence-electron chi connectivity index (χ1n) is 6.18. The van der Waals surface area contributed by atoms with Gasteiger partial charge in [-0.1, -0.05) is 17.7 Å². The van der Waals surface area contributed by atoms with Crippen molar-refractivity contribution in [3.05, 3.63) is 38.8 Å². The minimum atomic E-state index is -0.0826. The van der Waals surface area contributed by atoms with E-state index in [1.165, 1.54) is 18.3 Å². The van der Waals surface area contributed by atoms with Crippen LogP contribution in [0, 0.1) is 13.8 Å². The van der Waals surface area contributed by atoms with E-state index in [0.29, 0.717) is 11.0 Å². The maximum atomic E-state index is 11.3. The third-order valence-electron chi connectivity index (χ3n) is 2.76. The van der Waals surface area contributed by atoms with Gasteiger partial charge in [0.2, 0.25) is 5.91 Å². The summed E-state index contributed by atoms with van der Waals surface area (Å²) in [6, 6.07) is 4.06. The molecule has 0 saturated heterocycles. The quantitative estimate of drug-likeness (QED) is 0.898. The average Bonchev–Trinajstić information content (AvgIpc) is 2.76. The van der Waals surface area contributed by atoms with Crippen molar-refractivity contribution in [2.45, 2.75) is 27.3 Å². The molecular weight excluding hydrogens is 294 g/mol. The van der Waals surface area contributed by atoms with Crippen LogP contribution in [0.2, 0.25) is 4.47 Å². The second-order valence-electron chi connectivity index (χ2n) is 4.62. The predicted molar refractivity (Wildman–Crippen MR) is 84.7 cm³/mol. The van der Waals surface area contributed by atoms with Crippen LogP contribution in [-0.4, -0.2) is 10.9 Å². The molecule has 0 fully saturated rings. The number of nitrogens with one attached hydrogen (secondary N) is 2. The zero-order valence-corrected chi connectivity index (χ0v) is 13.2. The van der Waals surface area contributed by atoms with Crippen LogP contribution in [0.5, 0.6) is 0 Å². The molecule has 0 aliphatic carbocycles. The third kappa shape index (κ3) is 3.71. The lowest BCUT2D eigenvalue weighted by Gasteiger charge is -2.15. The lowest BCUT2D eigenvalue weighted by Crippen LogP contribution is -2.11. The van der Waals surface area contributed by atoms with Gasteiger partial charge in [0.1, 0.15) is 0 Å². The van der Waals surface area contributed by atoms with Crippen molar-refractivity contribution in [1.82, 2.24) is 4.98 Å². The average molecular weight is 310 g/mol. The normalized spacial score (nSPS) is 10.4. The summed E-state index contributed by atoms with van der Waals surface area (Å²) in [4.78, 5) is 16.4. The Balaban J connectivity index is 2.22. The Morgan fingerprint density at radius 1 is 1.40 bits per heavy atom. The summed E-state index contributed by atoms with van der Waals surface area (Å²) in [5, 5.41) is 6.20. The number of aryl methyl sites for hydroxylation is 2. The molecular formula is C14H16ClN3OS. The summed E-state index contributed by atoms with van der Waals surface area (Å²) in [7, 11) is 0. The highest BCUT2D eigenvalue weighted by Gasteiger charge is 2.09. The number of amides is 1. The lowest BCUT2D eigenvalue weighted by molar-refractivity contribution is -0.114. The minimum absolute atomic E-state index is 0.0826. The van der Waals surface area contributed by atoms with E-state index in [1.807, 2.05) is 26.0 Å². The summed E-state index contributed by atoms with van der Waals surface area (Å²) in [6.45, 7) is 6.14. The first kappa shape index (κ1) is 14.8. The molecule has 20 heavy (non-hydrogen) atoms. The summed E-state index contributed by atoms with van der Waals surface area (Å²) in [5.74, 6) is -0.0826. The molecule has 0 aliphatic rings. The van der Waals surface area contributed by atoms with Crippen LogP contribution in [0.4, 0.5) is 11.4 Å². The van der Waals surface area contributed by atoms with E-state index in [1.54, 1.807) is 6.20 Å². The van der Waals surface area contributed by atoms with Crippen LogP contribution in [0.15, 0.2) is 18.3 Å². The Bertz CT molecular complexity index is 639. The molecule has 6 heteroatoms. The molecule has 1 amide bonds. The molecule has 2 N–H and O–H groups in total. The van der Waals surface area contributed by atoms with Gasteiger partial charge in [-0.15, -0.1) is 11.3 Å². The molecule has 0 bridgehead atoms. The maximum absolute atomic E-state index is 11.3. The molecule has 1 aromatic heterocycles. The molecule has 1 heterocycles. The number of halogens is 1. The molecule has 106 valence electrons. The first-order valence-corrected chi connectivity index (χ1v) is 7.38. The summed E-state index contributed by atoms with van der Waals surface area (Å²) in [5.41, 5.74) is 3.90. The topological polar surface area (TPSA) is 54.0 Å². The van der Waals surface area contributed by atoms with E-state index in [9.17, 15) is 4.79 Å². The number of rotatable bonds is 4. The highest BCUT2D eigenvalue weighted by Crippen LogP contribution is 2.29. The summed E-state index contributed by atoms with van der Waals surface area (Å²) >= 11 is 7.25. The molecule has 4 nitrogen and oxygen atoms in total. The fourth-order valence-corrected chi connectivity index (χ4v) is 2.91. The fourth-order valence-electron chi connectivity index (χ4n) is 2.00. The molecule has 0 saturated carbocycles. The molecule has 2 rings (SSSR count). The molecule has 0 aliphatic heterocycles. The van der Waals surface area contributed by atoms with E-state index in [0.717, 1.165) is 27.4 Å². The van der Waals surface area contributed by atoms with Gasteiger partial charge >= 0.3 is 0 Å². The van der Waals surface area contributed by atoms with Crippen LogP contribution >= 0.6 is 22.9 Å². The molecule has 1 aromatic carbocycles. The van der Waals surface area contributed by atoms with Gasteiger partial charge in [-0.05, 0) is 31.0 Å². The Labute approximate surface area is 127 Å². The number of carbonyl (C=O) groups is 1. The number of hydrogen-bond donors (Lipinski definition) is 2. The van der Waals surface area contributed by atoms with E-state index in [2.05, 4.69) is 15.6 Å². The van der Waals surface area contributed by atoms with Crippen LogP contribution in [0.1, 0.15) is 22.9 Å². The van der Waals surface area contributed by atoms with E-state index < -0.39 is 0 Å². The van der Waals surface area contributed by atoms with Crippen molar-refractivity contribution in [2.24, 2.45) is 0 Å². The lowest BCUT2D eigenvalue weighted by atomic mass is 10.1. The van der Waals surface area contributed by atoms with Gasteiger partial charge in [-0.25, -0.2) is 4.98 Å². The number of anilines is 2. The number of nitrogens with zero attached hydrogens (tertiary/aromatic N) is 1. The largest absolute Gasteiger partial charge is 0.378 e. The highest BCUT2D eigenvalue weighted by atomic mass is 35.5. The molecule has 0 unspecified atom stereocenters. The fraction of sp³-hybridized carbons (Fsp3) is 0.286. The van der Waals surface area contributed by atoms with Crippen molar-refractivity contribution in [2.75, 3.05) is 10.6 Å². The Kier molecular flexibility index (Phi) is 4.62. The Morgan fingerprint density at radius 3 is 2.75 bits per heavy atom. The molecule has 0 atom stereocenters.